The summed E-state index contributed by atoms with van der Waals surface area (Å²) in [5.74, 6) is -3.00. The number of hydrogen-bond acceptors (Lipinski definition) is 20. The molecule has 33 heteroatoms. The van der Waals surface area contributed by atoms with Crippen molar-refractivity contribution in [3.8, 4) is 45.0 Å². The third-order valence-electron chi connectivity index (χ3n) is 17.1. The SMILES string of the molecule is C[C@@H](O)CS(=O)(=O)c1ccc(C(=O)Nc2ccc(Cl)c(-c3ccccn3)c2)cc1.C[C@H](O)CS(=O)(=O)c1ccc(C(=O)Nc2ccc(Cl)c(-c3ccccn3)c2)c(Cl)c1.C[C@H](O)CS(=O)(=O)c1ccc(C(=O)Nc2ccc(Cl)c(-c3ccccn3)c2)cc1.O=C(Nc1ccc(Cl)c(-c2ccccn2)c1)c1ccc(S(=O)(=O)Cc2cccnc2)cc1. The van der Waals surface area contributed by atoms with Gasteiger partial charge in [-0.15, -0.1) is 0 Å². The van der Waals surface area contributed by atoms with E-state index in [0.29, 0.717) is 110 Å². The number of aromatic nitrogens is 5. The number of amides is 4. The standard InChI is InChI=1S/C24H18ClN3O3S.C21H18Cl2N2O4S.2C21H19ClN2O4S/c25-22-11-8-19(14-21(22)23-5-1-2-13-27-23)28-24(29)18-6-9-20(10-7-18)32(30,31)16-17-4-3-12-26-15-17;1-13(26)12-30(28,29)15-6-7-16(19(23)11-15)21(27)25-14-5-8-18(22)17(10-14)20-4-2-3-9-24-20;2*1-14(25)13-29(27,28)17-8-5-15(6-9-17)21(26)24-16-7-10-19(22)18(12-16)20-4-2-3-11-23-20/h1-15H,16H2,(H,28,29);2-11,13,26H,12H2,1H3,(H,25,27);2*2-12,14,25H,13H2,1H3,(H,24,26)/t;13-;2*14-/m.010/s1. The van der Waals surface area contributed by atoms with Gasteiger partial charge in [0.15, 0.2) is 39.3 Å². The Bertz CT molecular complexity index is 6110. The first-order chi connectivity index (χ1) is 57.1. The molecule has 0 aliphatic heterocycles. The number of aliphatic hydroxyl groups excluding tert-OH is 3. The quantitative estimate of drug-likeness (QED) is 0.0295. The van der Waals surface area contributed by atoms with Crippen molar-refractivity contribution in [3.05, 3.63) is 339 Å². The van der Waals surface area contributed by atoms with Crippen LogP contribution in [0.3, 0.4) is 0 Å². The van der Waals surface area contributed by atoms with E-state index in [1.54, 1.807) is 140 Å². The molecule has 0 aliphatic rings. The lowest BCUT2D eigenvalue weighted by Gasteiger charge is -2.11. The van der Waals surface area contributed by atoms with E-state index in [0.717, 1.165) is 0 Å². The molecule has 7 N–H and O–H groups in total. The molecule has 0 saturated carbocycles. The van der Waals surface area contributed by atoms with Crippen LogP contribution in [0.15, 0.2) is 305 Å². The number of benzene rings is 8. The Balaban J connectivity index is 0.000000168. The fraction of sp³-hybridized carbons (Fsp3) is 0.115. The normalized spacial score (nSPS) is 12.1. The van der Waals surface area contributed by atoms with Gasteiger partial charge in [0.2, 0.25) is 0 Å². The van der Waals surface area contributed by atoms with Crippen LogP contribution in [0, 0.1) is 0 Å². The number of sulfone groups is 4. The number of halogens is 5. The Morgan fingerprint density at radius 3 is 0.883 bits per heavy atom. The smallest absolute Gasteiger partial charge is 0.257 e. The minimum atomic E-state index is -3.71. The minimum Gasteiger partial charge on any atom is -0.392 e. The summed E-state index contributed by atoms with van der Waals surface area (Å²) >= 11 is 31.2. The number of carbonyl (C=O) groups excluding carboxylic acids is 4. The molecule has 0 radical (unpaired) electrons. The average Bonchev–Trinajstić information content (AvgIpc) is 0.806. The molecule has 616 valence electrons. The number of pyridine rings is 5. The van der Waals surface area contributed by atoms with E-state index < -0.39 is 81.1 Å². The van der Waals surface area contributed by atoms with E-state index in [2.05, 4.69) is 46.2 Å². The van der Waals surface area contributed by atoms with Crippen LogP contribution in [0.1, 0.15) is 67.8 Å². The van der Waals surface area contributed by atoms with E-state index in [9.17, 15) is 68.2 Å². The third kappa shape index (κ3) is 25.5. The van der Waals surface area contributed by atoms with Crippen LogP contribution in [0.5, 0.6) is 0 Å². The van der Waals surface area contributed by atoms with Gasteiger partial charge in [-0.25, -0.2) is 33.7 Å². The molecular weight excluding hydrogens is 1720 g/mol. The van der Waals surface area contributed by atoms with Gasteiger partial charge in [0.1, 0.15) is 0 Å². The highest BCUT2D eigenvalue weighted by molar-refractivity contribution is 7.92. The summed E-state index contributed by atoms with van der Waals surface area (Å²) in [5, 5.41) is 41.1. The molecule has 5 heterocycles. The van der Waals surface area contributed by atoms with Crippen molar-refractivity contribution in [3.63, 3.8) is 0 Å². The highest BCUT2D eigenvalue weighted by Crippen LogP contribution is 2.35. The first kappa shape index (κ1) is 90.8. The number of aliphatic hydroxyl groups is 3. The van der Waals surface area contributed by atoms with Crippen molar-refractivity contribution in [2.75, 3.05) is 38.5 Å². The van der Waals surface area contributed by atoms with Gasteiger partial charge < -0.3 is 36.6 Å². The highest BCUT2D eigenvalue weighted by atomic mass is 35.5. The third-order valence-corrected chi connectivity index (χ3v) is 26.1. The molecule has 0 fully saturated rings. The summed E-state index contributed by atoms with van der Waals surface area (Å²) < 4.78 is 98.3. The molecule has 0 saturated heterocycles. The first-order valence-electron chi connectivity index (χ1n) is 36.1. The van der Waals surface area contributed by atoms with E-state index >= 15 is 0 Å². The zero-order valence-corrected chi connectivity index (χ0v) is 70.7. The Kier molecular flexibility index (Phi) is 31.4. The first-order valence-corrected chi connectivity index (χ1v) is 44.6. The van der Waals surface area contributed by atoms with Crippen molar-refractivity contribution in [1.29, 1.82) is 0 Å². The van der Waals surface area contributed by atoms with Gasteiger partial charge in [-0.2, -0.15) is 0 Å². The van der Waals surface area contributed by atoms with Gasteiger partial charge in [-0.3, -0.25) is 44.1 Å². The van der Waals surface area contributed by atoms with Gasteiger partial charge >= 0.3 is 0 Å². The van der Waals surface area contributed by atoms with Crippen LogP contribution in [0.2, 0.25) is 25.1 Å². The monoisotopic (exact) mass is 1790 g/mol. The summed E-state index contributed by atoms with van der Waals surface area (Å²) in [6.45, 7) is 4.20. The van der Waals surface area contributed by atoms with Crippen LogP contribution in [0.25, 0.3) is 45.0 Å². The summed E-state index contributed by atoms with van der Waals surface area (Å²) in [7, 11) is -14.5. The maximum atomic E-state index is 12.7. The van der Waals surface area contributed by atoms with Crippen LogP contribution in [0.4, 0.5) is 22.7 Å². The van der Waals surface area contributed by atoms with E-state index in [4.69, 9.17) is 58.0 Å². The second kappa shape index (κ2) is 41.5. The number of nitrogens with zero attached hydrogens (tertiary/aromatic N) is 5. The number of hydrogen-bond donors (Lipinski definition) is 7. The van der Waals surface area contributed by atoms with Crippen LogP contribution in [-0.4, -0.2) is 133 Å². The van der Waals surface area contributed by atoms with Crippen molar-refractivity contribution in [2.24, 2.45) is 0 Å². The van der Waals surface area contributed by atoms with Crippen molar-refractivity contribution >= 4 is 144 Å². The fourth-order valence-electron chi connectivity index (χ4n) is 11.4. The molecular formula is C87H74Cl5N9O15S4. The second-order valence-electron chi connectivity index (χ2n) is 26.7. The predicted molar refractivity (Wildman–Crippen MR) is 468 cm³/mol. The second-order valence-corrected chi connectivity index (χ2v) is 36.8. The molecule has 3 atom stereocenters. The number of anilines is 4. The molecule has 13 aromatic rings. The van der Waals surface area contributed by atoms with Crippen molar-refractivity contribution < 1.29 is 68.2 Å². The summed E-state index contributed by atoms with van der Waals surface area (Å²) in [5.41, 5.74) is 9.17. The van der Waals surface area contributed by atoms with Gasteiger partial charge in [-0.1, -0.05) is 88.3 Å². The Morgan fingerprint density at radius 2 is 0.608 bits per heavy atom. The molecule has 0 spiro atoms. The molecule has 0 bridgehead atoms. The maximum absolute atomic E-state index is 12.7. The van der Waals surface area contributed by atoms with Gasteiger partial charge in [0, 0.05) is 98.9 Å². The lowest BCUT2D eigenvalue weighted by atomic mass is 10.1. The number of carbonyl (C=O) groups is 4. The molecule has 5 aromatic heterocycles. The molecule has 120 heavy (non-hydrogen) atoms. The molecule has 4 amide bonds. The molecule has 0 aliphatic carbocycles. The molecule has 13 rings (SSSR count). The van der Waals surface area contributed by atoms with Gasteiger partial charge in [0.05, 0.1) is 114 Å². The summed E-state index contributed by atoms with van der Waals surface area (Å²) in [4.78, 5) is 71.7. The Labute approximate surface area is 718 Å². The highest BCUT2D eigenvalue weighted by Gasteiger charge is 2.25. The topological polar surface area (TPSA) is 378 Å². The lowest BCUT2D eigenvalue weighted by molar-refractivity contribution is 0.101. The Hall–Kier alpha value is -11.5. The summed E-state index contributed by atoms with van der Waals surface area (Å²) in [6.07, 6.45) is 6.77. The lowest BCUT2D eigenvalue weighted by Crippen LogP contribution is -2.18. The van der Waals surface area contributed by atoms with E-state index in [1.807, 2.05) is 48.5 Å². The molecule has 8 aromatic carbocycles. The zero-order chi connectivity index (χ0) is 86.5. The molecule has 0 unspecified atom stereocenters. The Morgan fingerprint density at radius 1 is 0.317 bits per heavy atom. The van der Waals surface area contributed by atoms with Gasteiger partial charge in [0.25, 0.3) is 23.6 Å². The van der Waals surface area contributed by atoms with Crippen molar-refractivity contribution in [2.45, 2.75) is 64.4 Å². The van der Waals surface area contributed by atoms with Gasteiger partial charge in [-0.05, 0) is 245 Å². The van der Waals surface area contributed by atoms with E-state index in [1.165, 1.54) is 118 Å². The minimum absolute atomic E-state index is 0.0157. The van der Waals surface area contributed by atoms with Crippen LogP contribution >= 0.6 is 58.0 Å². The molecule has 24 nitrogen and oxygen atoms in total. The van der Waals surface area contributed by atoms with E-state index in [-0.39, 0.29) is 53.3 Å². The predicted octanol–water partition coefficient (Wildman–Crippen LogP) is 17.1. The fourth-order valence-corrected chi connectivity index (χ4v) is 18.1. The van der Waals surface area contributed by atoms with Crippen LogP contribution < -0.4 is 21.3 Å². The largest absolute Gasteiger partial charge is 0.392 e. The summed E-state index contributed by atoms with van der Waals surface area (Å²) in [6, 6.07) is 66.3. The zero-order valence-electron chi connectivity index (χ0n) is 63.7. The number of rotatable bonds is 24. The average molecular weight is 1790 g/mol. The number of nitrogens with one attached hydrogen (secondary N) is 4. The maximum Gasteiger partial charge on any atom is 0.257 e. The van der Waals surface area contributed by atoms with Crippen LogP contribution in [-0.2, 0) is 45.1 Å². The van der Waals surface area contributed by atoms with Crippen molar-refractivity contribution in [1.82, 2.24) is 24.9 Å².